The van der Waals surface area contributed by atoms with E-state index in [9.17, 15) is 0 Å². The van der Waals surface area contributed by atoms with Gasteiger partial charge in [0.05, 0.1) is 13.2 Å². The Labute approximate surface area is 123 Å². The quantitative estimate of drug-likeness (QED) is 0.925. The average molecular weight is 285 g/mol. The van der Waals surface area contributed by atoms with Crippen LogP contribution < -0.4 is 5.32 Å². The molecule has 0 spiro atoms. The van der Waals surface area contributed by atoms with Crippen molar-refractivity contribution < 1.29 is 9.26 Å². The zero-order valence-corrected chi connectivity index (χ0v) is 11.9. The molecule has 1 aromatic heterocycles. The fourth-order valence-electron chi connectivity index (χ4n) is 3.22. The number of rotatable bonds is 3. The molecular weight excluding hydrogens is 266 g/mol. The van der Waals surface area contributed by atoms with Crippen molar-refractivity contribution in [3.63, 3.8) is 0 Å². The van der Waals surface area contributed by atoms with Crippen LogP contribution in [0.25, 0.3) is 0 Å². The Bertz CT molecular complexity index is 594. The van der Waals surface area contributed by atoms with Crippen LogP contribution in [0.3, 0.4) is 0 Å². The molecule has 2 aliphatic rings. The van der Waals surface area contributed by atoms with Crippen molar-refractivity contribution in [1.29, 1.82) is 0 Å². The molecule has 1 saturated heterocycles. The maximum atomic E-state index is 5.45. The first-order valence-corrected chi connectivity index (χ1v) is 7.59. The summed E-state index contributed by atoms with van der Waals surface area (Å²) in [6.07, 6.45) is 2.77. The Hall–Kier alpha value is -1.72. The Kier molecular flexibility index (Phi) is 3.45. The molecule has 0 amide bonds. The Morgan fingerprint density at radius 3 is 2.71 bits per heavy atom. The lowest BCUT2D eigenvalue weighted by Crippen LogP contribution is -2.42. The first kappa shape index (κ1) is 13.0. The third-order valence-electron chi connectivity index (χ3n) is 4.32. The van der Waals surface area contributed by atoms with Gasteiger partial charge in [0.1, 0.15) is 0 Å². The number of fused-ring (bicyclic) bond motifs is 1. The van der Waals surface area contributed by atoms with Gasteiger partial charge in [-0.25, -0.2) is 0 Å². The van der Waals surface area contributed by atoms with Gasteiger partial charge in [-0.1, -0.05) is 29.4 Å². The van der Waals surface area contributed by atoms with Gasteiger partial charge in [0.2, 0.25) is 5.89 Å². The van der Waals surface area contributed by atoms with Gasteiger partial charge in [0.15, 0.2) is 5.82 Å². The molecule has 5 nitrogen and oxygen atoms in total. The molecule has 0 radical (unpaired) electrons. The van der Waals surface area contributed by atoms with Crippen molar-refractivity contribution >= 4 is 0 Å². The summed E-state index contributed by atoms with van der Waals surface area (Å²) in [4.78, 5) is 4.60. The Balaban J connectivity index is 1.43. The standard InChI is InChI=1S/C16H19N3O2/c1-2-4-12-8-13(7-11(12)3-1)16-18-15(21-19-16)9-14-10-20-6-5-17-14/h1-4,13-14,17H,5-10H2. The Morgan fingerprint density at radius 1 is 1.19 bits per heavy atom. The fraction of sp³-hybridized carbons (Fsp3) is 0.500. The summed E-state index contributed by atoms with van der Waals surface area (Å²) < 4.78 is 10.9. The van der Waals surface area contributed by atoms with E-state index in [4.69, 9.17) is 9.26 Å². The minimum absolute atomic E-state index is 0.285. The monoisotopic (exact) mass is 285 g/mol. The van der Waals surface area contributed by atoms with E-state index in [1.54, 1.807) is 0 Å². The lowest BCUT2D eigenvalue weighted by atomic mass is 10.1. The van der Waals surface area contributed by atoms with E-state index in [2.05, 4.69) is 39.7 Å². The van der Waals surface area contributed by atoms with Gasteiger partial charge >= 0.3 is 0 Å². The van der Waals surface area contributed by atoms with E-state index in [-0.39, 0.29) is 6.04 Å². The molecule has 0 saturated carbocycles. The normalized spacial score (nSPS) is 22.4. The zero-order valence-electron chi connectivity index (χ0n) is 11.9. The van der Waals surface area contributed by atoms with Crippen molar-refractivity contribution in [3.8, 4) is 0 Å². The highest BCUT2D eigenvalue weighted by Gasteiger charge is 2.27. The summed E-state index contributed by atoms with van der Waals surface area (Å²) in [7, 11) is 0. The zero-order chi connectivity index (χ0) is 14.1. The van der Waals surface area contributed by atoms with E-state index in [1.165, 1.54) is 11.1 Å². The van der Waals surface area contributed by atoms with Crippen LogP contribution in [0, 0.1) is 0 Å². The summed E-state index contributed by atoms with van der Waals surface area (Å²) in [6, 6.07) is 8.86. The van der Waals surface area contributed by atoms with E-state index in [0.717, 1.165) is 38.2 Å². The van der Waals surface area contributed by atoms with Crippen LogP contribution in [0.1, 0.15) is 28.8 Å². The van der Waals surface area contributed by atoms with Crippen LogP contribution in [0.2, 0.25) is 0 Å². The number of aromatic nitrogens is 2. The molecule has 5 heteroatoms. The van der Waals surface area contributed by atoms with Gasteiger partial charge in [0.25, 0.3) is 0 Å². The highest BCUT2D eigenvalue weighted by molar-refractivity contribution is 5.34. The highest BCUT2D eigenvalue weighted by Crippen LogP contribution is 2.32. The minimum Gasteiger partial charge on any atom is -0.378 e. The summed E-state index contributed by atoms with van der Waals surface area (Å²) in [6.45, 7) is 2.39. The molecule has 1 aromatic carbocycles. The van der Waals surface area contributed by atoms with Crippen molar-refractivity contribution in [1.82, 2.24) is 15.5 Å². The van der Waals surface area contributed by atoms with E-state index in [0.29, 0.717) is 18.4 Å². The van der Waals surface area contributed by atoms with Crippen molar-refractivity contribution in [2.24, 2.45) is 0 Å². The van der Waals surface area contributed by atoms with Crippen molar-refractivity contribution in [2.45, 2.75) is 31.2 Å². The fourth-order valence-corrected chi connectivity index (χ4v) is 3.22. The predicted octanol–water partition coefficient (Wildman–Crippen LogP) is 1.48. The first-order valence-electron chi connectivity index (χ1n) is 7.59. The molecule has 110 valence electrons. The van der Waals surface area contributed by atoms with Crippen LogP contribution in [-0.4, -0.2) is 35.9 Å². The second-order valence-corrected chi connectivity index (χ2v) is 5.85. The number of hydrogen-bond acceptors (Lipinski definition) is 5. The minimum atomic E-state index is 0.285. The lowest BCUT2D eigenvalue weighted by molar-refractivity contribution is 0.0744. The molecule has 1 atom stereocenters. The number of nitrogens with zero attached hydrogens (tertiary/aromatic N) is 2. The topological polar surface area (TPSA) is 60.2 Å². The largest absolute Gasteiger partial charge is 0.378 e. The summed E-state index contributed by atoms with van der Waals surface area (Å²) in [5.74, 6) is 1.91. The van der Waals surface area contributed by atoms with Crippen molar-refractivity contribution in [2.75, 3.05) is 19.8 Å². The van der Waals surface area contributed by atoms with E-state index in [1.807, 2.05) is 0 Å². The summed E-state index contributed by atoms with van der Waals surface area (Å²) in [5.41, 5.74) is 2.83. The second kappa shape index (κ2) is 5.58. The SMILES string of the molecule is c1ccc2c(c1)CC(c1noc(CC3COCCN3)n1)C2. The van der Waals surface area contributed by atoms with E-state index < -0.39 is 0 Å². The summed E-state index contributed by atoms with van der Waals surface area (Å²) in [5, 5.41) is 7.60. The van der Waals surface area contributed by atoms with Gasteiger partial charge in [-0.3, -0.25) is 0 Å². The molecule has 2 heterocycles. The number of hydrogen-bond donors (Lipinski definition) is 1. The average Bonchev–Trinajstić information content (AvgIpc) is 3.14. The van der Waals surface area contributed by atoms with Crippen LogP contribution in [-0.2, 0) is 24.0 Å². The molecule has 21 heavy (non-hydrogen) atoms. The van der Waals surface area contributed by atoms with E-state index >= 15 is 0 Å². The van der Waals surface area contributed by atoms with Crippen LogP contribution in [0.4, 0.5) is 0 Å². The highest BCUT2D eigenvalue weighted by atomic mass is 16.5. The molecule has 4 rings (SSSR count). The third-order valence-corrected chi connectivity index (χ3v) is 4.32. The first-order chi connectivity index (χ1) is 10.4. The van der Waals surface area contributed by atoms with Gasteiger partial charge in [-0.05, 0) is 24.0 Å². The molecule has 0 bridgehead atoms. The van der Waals surface area contributed by atoms with Gasteiger partial charge in [-0.2, -0.15) is 4.98 Å². The van der Waals surface area contributed by atoms with Crippen molar-refractivity contribution in [3.05, 3.63) is 47.1 Å². The molecule has 1 aliphatic carbocycles. The van der Waals surface area contributed by atoms with Gasteiger partial charge in [-0.15, -0.1) is 0 Å². The number of nitrogens with one attached hydrogen (secondary N) is 1. The van der Waals surface area contributed by atoms with Gasteiger partial charge < -0.3 is 14.6 Å². The molecule has 1 aliphatic heterocycles. The maximum absolute atomic E-state index is 5.45. The number of morpholine rings is 1. The molecule has 1 fully saturated rings. The predicted molar refractivity (Wildman–Crippen MR) is 77.2 cm³/mol. The number of benzene rings is 1. The smallest absolute Gasteiger partial charge is 0.228 e. The van der Waals surface area contributed by atoms with Crippen LogP contribution in [0.15, 0.2) is 28.8 Å². The molecular formula is C16H19N3O2. The Morgan fingerprint density at radius 2 is 2.00 bits per heavy atom. The van der Waals surface area contributed by atoms with Gasteiger partial charge in [0, 0.05) is 24.9 Å². The summed E-state index contributed by atoms with van der Waals surface area (Å²) >= 11 is 0. The molecule has 1 unspecified atom stereocenters. The second-order valence-electron chi connectivity index (χ2n) is 5.85. The lowest BCUT2D eigenvalue weighted by Gasteiger charge is -2.22. The van der Waals surface area contributed by atoms with Crippen LogP contribution >= 0.6 is 0 Å². The maximum Gasteiger partial charge on any atom is 0.228 e. The molecule has 1 N–H and O–H groups in total. The molecule has 2 aromatic rings. The number of ether oxygens (including phenoxy) is 1. The van der Waals surface area contributed by atoms with Crippen LogP contribution in [0.5, 0.6) is 0 Å². The third kappa shape index (κ3) is 2.71.